The maximum atomic E-state index is 6.39. The molecule has 2 saturated heterocycles. The average molecular weight is 1280 g/mol. The van der Waals surface area contributed by atoms with Crippen LogP contribution in [0, 0.1) is 36.9 Å². The van der Waals surface area contributed by atoms with Crippen molar-refractivity contribution in [1.29, 1.82) is 0 Å². The van der Waals surface area contributed by atoms with Crippen LogP contribution in [-0.4, -0.2) is 45.3 Å². The van der Waals surface area contributed by atoms with E-state index in [-0.39, 0.29) is 42.1 Å². The molecule has 0 N–H and O–H groups in total. The van der Waals surface area contributed by atoms with E-state index in [9.17, 15) is 0 Å². The van der Waals surface area contributed by atoms with E-state index in [0.29, 0.717) is 34.4 Å². The number of pyridine rings is 2. The Morgan fingerprint density at radius 1 is 0.400 bits per heavy atom. The Morgan fingerprint density at radius 2 is 0.800 bits per heavy atom. The van der Waals surface area contributed by atoms with Crippen LogP contribution in [0.15, 0.2) is 158 Å². The molecular formula is C58H46N8O2Pt2-4. The second-order valence-corrected chi connectivity index (χ2v) is 17.2. The van der Waals surface area contributed by atoms with Crippen molar-refractivity contribution in [2.45, 2.75) is 38.5 Å². The number of imidazole rings is 2. The van der Waals surface area contributed by atoms with Crippen molar-refractivity contribution in [1.82, 2.24) is 19.1 Å². The smallest absolute Gasteiger partial charge is 0.268 e. The largest absolute Gasteiger partial charge is 0.511 e. The Bertz CT molecular complexity index is 3210. The molecular weight excluding hydrogens is 1230 g/mol. The number of benzene rings is 6. The van der Waals surface area contributed by atoms with Gasteiger partial charge in [-0.05, 0) is 98.7 Å². The van der Waals surface area contributed by atoms with E-state index in [0.717, 1.165) is 71.0 Å². The molecule has 10 aromatic rings. The summed E-state index contributed by atoms with van der Waals surface area (Å²) in [6, 6.07) is 62.9. The molecule has 6 heterocycles. The van der Waals surface area contributed by atoms with Gasteiger partial charge in [-0.2, -0.15) is 36.4 Å². The quantitative estimate of drug-likeness (QED) is 0.0950. The molecule has 0 bridgehead atoms. The topological polar surface area (TPSA) is 68.3 Å². The standard InChI is InChI=1S/C58H46N8O2.2Pt/c1-7-31-61(32-8-1)43-15-11-17-45(35-43)63-41-65(57-25-5-3-23-55(57)63)47-19-13-21-49(37-47)67-51-27-29-59-53(39-51)54-40-52(28-30-60-54)68-50-22-14-20-48(38-50)66-42-64(56-24-4-6-26-58(56)66)46-18-12-16-44(36-46)62-33-9-2-10-34-62;;/h3-6,11-30,35-36H,1-2,7-10,31-34H2;;/q-4;;. The fraction of sp³-hybridized carbons (Fsp3) is 0.172. The van der Waals surface area contributed by atoms with Crippen LogP contribution in [0.3, 0.4) is 0 Å². The number of hydrogen-bond acceptors (Lipinski definition) is 6. The second-order valence-electron chi connectivity index (χ2n) is 17.2. The first kappa shape index (κ1) is 46.8. The van der Waals surface area contributed by atoms with E-state index in [1.807, 2.05) is 57.7 Å². The Labute approximate surface area is 436 Å². The molecule has 0 spiro atoms. The summed E-state index contributed by atoms with van der Waals surface area (Å²) in [5.41, 5.74) is 11.2. The molecule has 0 aliphatic carbocycles. The fourth-order valence-electron chi connectivity index (χ4n) is 9.41. The van der Waals surface area contributed by atoms with Crippen LogP contribution in [0.4, 0.5) is 11.4 Å². The van der Waals surface area contributed by atoms with Crippen molar-refractivity contribution < 1.29 is 60.7 Å². The average Bonchev–Trinajstić information content (AvgIpc) is 4.00. The molecule has 12 heteroatoms. The van der Waals surface area contributed by atoms with Crippen molar-refractivity contribution >= 4 is 33.4 Å². The summed E-state index contributed by atoms with van der Waals surface area (Å²) in [5.74, 6) is 1.97. The Hall–Kier alpha value is -6.86. The number of aromatic nitrogens is 6. The zero-order valence-corrected chi connectivity index (χ0v) is 42.7. The van der Waals surface area contributed by atoms with Crippen molar-refractivity contribution in [3.8, 4) is 57.1 Å². The Morgan fingerprint density at radius 3 is 1.26 bits per heavy atom. The first-order valence-corrected chi connectivity index (χ1v) is 23.5. The number of nitrogens with zero attached hydrogens (tertiary/aromatic N) is 8. The van der Waals surface area contributed by atoms with Gasteiger partial charge in [-0.3, -0.25) is 9.13 Å². The first-order chi connectivity index (χ1) is 33.7. The van der Waals surface area contributed by atoms with Crippen molar-refractivity contribution in [2.24, 2.45) is 0 Å². The SMILES string of the molecule is [Pt].[Pt].[c-]1c(Oc2[c-]c(-c3[c-]c(Oc4[c-]c(-[n+]5[c-]n(-c6cccc(N7CCCCC7)c6)c6ccccc65)ccc4)ccn3)ncc2)cccc1-[n+]1[c-]n(-c2cccc(N3CCCCC3)c2)c2ccccc21. The summed E-state index contributed by atoms with van der Waals surface area (Å²) >= 11 is 0. The van der Waals surface area contributed by atoms with Crippen LogP contribution in [0.25, 0.3) is 56.2 Å². The number of piperidine rings is 2. The van der Waals surface area contributed by atoms with Gasteiger partial charge in [-0.15, -0.1) is 47.8 Å². The van der Waals surface area contributed by atoms with Crippen molar-refractivity contribution in [3.05, 3.63) is 195 Å². The minimum atomic E-state index is 0. The predicted octanol–water partition coefficient (Wildman–Crippen LogP) is 10.9. The van der Waals surface area contributed by atoms with Gasteiger partial charge >= 0.3 is 0 Å². The molecule has 354 valence electrons. The summed E-state index contributed by atoms with van der Waals surface area (Å²) < 4.78 is 21.1. The third-order valence-corrected chi connectivity index (χ3v) is 12.7. The summed E-state index contributed by atoms with van der Waals surface area (Å²) in [6.07, 6.45) is 18.1. The molecule has 12 rings (SSSR count). The van der Waals surface area contributed by atoms with Gasteiger partial charge in [0.15, 0.2) is 0 Å². The normalized spacial score (nSPS) is 13.7. The van der Waals surface area contributed by atoms with Crippen LogP contribution in [-0.2, 0) is 42.1 Å². The summed E-state index contributed by atoms with van der Waals surface area (Å²) in [6.45, 7) is 4.35. The molecule has 0 radical (unpaired) electrons. The number of hydrogen-bond donors (Lipinski definition) is 0. The molecule has 0 unspecified atom stereocenters. The van der Waals surface area contributed by atoms with Crippen LogP contribution in [0.2, 0.25) is 0 Å². The maximum Gasteiger partial charge on any atom is 0.268 e. The van der Waals surface area contributed by atoms with Crippen LogP contribution >= 0.6 is 0 Å². The molecule has 0 atom stereocenters. The number of para-hydroxylation sites is 4. The summed E-state index contributed by atoms with van der Waals surface area (Å²) in [5, 5.41) is 0. The number of anilines is 2. The zero-order chi connectivity index (χ0) is 45.2. The fourth-order valence-corrected chi connectivity index (χ4v) is 9.41. The van der Waals surface area contributed by atoms with Gasteiger partial charge in [-0.1, -0.05) is 60.7 Å². The van der Waals surface area contributed by atoms with E-state index in [1.165, 1.54) is 49.9 Å². The third kappa shape index (κ3) is 9.68. The minimum Gasteiger partial charge on any atom is -0.511 e. The van der Waals surface area contributed by atoms with Gasteiger partial charge in [-0.25, -0.2) is 0 Å². The van der Waals surface area contributed by atoms with Gasteiger partial charge in [0.05, 0.1) is 33.4 Å². The van der Waals surface area contributed by atoms with Gasteiger partial charge in [0.2, 0.25) is 0 Å². The molecule has 10 nitrogen and oxygen atoms in total. The summed E-state index contributed by atoms with van der Waals surface area (Å²) in [4.78, 5) is 14.1. The molecule has 70 heavy (non-hydrogen) atoms. The monoisotopic (exact) mass is 1280 g/mol. The van der Waals surface area contributed by atoms with Gasteiger partial charge in [0.1, 0.15) is 0 Å². The Balaban J connectivity index is 0.00000284. The predicted molar refractivity (Wildman–Crippen MR) is 262 cm³/mol. The van der Waals surface area contributed by atoms with Crippen molar-refractivity contribution in [3.63, 3.8) is 0 Å². The van der Waals surface area contributed by atoms with Gasteiger partial charge in [0, 0.05) is 103 Å². The van der Waals surface area contributed by atoms with E-state index < -0.39 is 0 Å². The van der Waals surface area contributed by atoms with Gasteiger partial charge in [0.25, 0.3) is 12.7 Å². The van der Waals surface area contributed by atoms with Gasteiger partial charge < -0.3 is 38.4 Å². The number of fused-ring (bicyclic) bond motifs is 2. The third-order valence-electron chi connectivity index (χ3n) is 12.7. The summed E-state index contributed by atoms with van der Waals surface area (Å²) in [7, 11) is 0. The zero-order valence-electron chi connectivity index (χ0n) is 38.1. The minimum absolute atomic E-state index is 0. The van der Waals surface area contributed by atoms with Crippen LogP contribution in [0.1, 0.15) is 38.5 Å². The molecule has 2 fully saturated rings. The van der Waals surface area contributed by atoms with Crippen molar-refractivity contribution in [2.75, 3.05) is 36.0 Å². The van der Waals surface area contributed by atoms with Crippen LogP contribution in [0.5, 0.6) is 23.0 Å². The van der Waals surface area contributed by atoms with E-state index >= 15 is 0 Å². The molecule has 2 aliphatic heterocycles. The molecule has 0 amide bonds. The van der Waals surface area contributed by atoms with E-state index in [1.54, 1.807) is 24.5 Å². The number of ether oxygens (including phenoxy) is 2. The molecule has 0 saturated carbocycles. The molecule has 6 aromatic carbocycles. The molecule has 2 aliphatic rings. The first-order valence-electron chi connectivity index (χ1n) is 23.5. The number of rotatable bonds is 11. The van der Waals surface area contributed by atoms with E-state index in [4.69, 9.17) is 9.47 Å². The van der Waals surface area contributed by atoms with E-state index in [2.05, 4.69) is 151 Å². The Kier molecular flexibility index (Phi) is 14.1. The second kappa shape index (κ2) is 21.0. The molecule has 4 aromatic heterocycles. The van der Waals surface area contributed by atoms with Crippen LogP contribution < -0.4 is 28.4 Å². The maximum absolute atomic E-state index is 6.39.